The van der Waals surface area contributed by atoms with Crippen LogP contribution in [-0.2, 0) is 21.2 Å². The molecular formula is C27H23FN2O3S2. The Morgan fingerprint density at radius 3 is 2.09 bits per heavy atom. The third-order valence-corrected chi connectivity index (χ3v) is 7.71. The minimum Gasteiger partial charge on any atom is -0.324 e. The number of sulfonamides is 1. The van der Waals surface area contributed by atoms with E-state index in [1.54, 1.807) is 12.1 Å². The molecule has 4 aromatic carbocycles. The summed E-state index contributed by atoms with van der Waals surface area (Å²) in [5, 5.41) is 2.89. The monoisotopic (exact) mass is 506 g/mol. The molecular weight excluding hydrogens is 483 g/mol. The maximum Gasteiger partial charge on any atom is 0.242 e. The SMILES string of the molecule is O=C(Nc1ccccc1Sc1ccccc1)[C@H](Cc1ccccc1)NS(=O)(=O)c1ccc(F)cc1. The summed E-state index contributed by atoms with van der Waals surface area (Å²) in [4.78, 5) is 15.1. The van der Waals surface area contributed by atoms with Crippen LogP contribution in [0.1, 0.15) is 5.56 Å². The van der Waals surface area contributed by atoms with Gasteiger partial charge in [-0.25, -0.2) is 12.8 Å². The molecule has 4 rings (SSSR count). The summed E-state index contributed by atoms with van der Waals surface area (Å²) in [6, 6.07) is 29.6. The highest BCUT2D eigenvalue weighted by Gasteiger charge is 2.27. The summed E-state index contributed by atoms with van der Waals surface area (Å²) in [6.07, 6.45) is 0.140. The standard InChI is InChI=1S/C27H23FN2O3S2/c28-21-15-17-23(18-16-21)35(32,33)30-25(19-20-9-3-1-4-10-20)27(31)29-24-13-7-8-14-26(24)34-22-11-5-2-6-12-22/h1-18,25,30H,19H2,(H,29,31)/t25-/m0/s1. The second kappa shape index (κ2) is 11.3. The molecule has 0 aliphatic heterocycles. The van der Waals surface area contributed by atoms with Crippen LogP contribution in [0.2, 0.25) is 0 Å². The van der Waals surface area contributed by atoms with Crippen LogP contribution in [0.4, 0.5) is 10.1 Å². The van der Waals surface area contributed by atoms with Gasteiger partial charge in [0.05, 0.1) is 10.6 Å². The summed E-state index contributed by atoms with van der Waals surface area (Å²) in [5.74, 6) is -1.05. The molecule has 0 fully saturated rings. The normalized spacial score (nSPS) is 12.1. The van der Waals surface area contributed by atoms with Crippen LogP contribution in [0.3, 0.4) is 0 Å². The van der Waals surface area contributed by atoms with E-state index in [4.69, 9.17) is 0 Å². The molecule has 0 unspecified atom stereocenters. The van der Waals surface area contributed by atoms with Crippen molar-refractivity contribution < 1.29 is 17.6 Å². The predicted molar refractivity (Wildman–Crippen MR) is 136 cm³/mol. The zero-order valence-corrected chi connectivity index (χ0v) is 20.2. The lowest BCUT2D eigenvalue weighted by molar-refractivity contribution is -0.117. The van der Waals surface area contributed by atoms with E-state index in [1.165, 1.54) is 23.9 Å². The van der Waals surface area contributed by atoms with Gasteiger partial charge < -0.3 is 5.32 Å². The van der Waals surface area contributed by atoms with E-state index in [2.05, 4.69) is 10.0 Å². The third-order valence-electron chi connectivity index (χ3n) is 5.14. The van der Waals surface area contributed by atoms with Crippen molar-refractivity contribution >= 4 is 33.4 Å². The molecule has 1 atom stereocenters. The highest BCUT2D eigenvalue weighted by Crippen LogP contribution is 2.33. The van der Waals surface area contributed by atoms with Crippen molar-refractivity contribution in [1.29, 1.82) is 0 Å². The van der Waals surface area contributed by atoms with Crippen molar-refractivity contribution in [2.75, 3.05) is 5.32 Å². The smallest absolute Gasteiger partial charge is 0.242 e. The Hall–Kier alpha value is -3.46. The molecule has 0 aliphatic carbocycles. The number of anilines is 1. The maximum absolute atomic E-state index is 13.4. The number of hydrogen-bond acceptors (Lipinski definition) is 4. The fraction of sp³-hybridized carbons (Fsp3) is 0.0741. The average molecular weight is 507 g/mol. The van der Waals surface area contributed by atoms with Gasteiger partial charge in [-0.1, -0.05) is 72.4 Å². The number of rotatable bonds is 9. The number of para-hydroxylation sites is 1. The summed E-state index contributed by atoms with van der Waals surface area (Å²) in [6.45, 7) is 0. The quantitative estimate of drug-likeness (QED) is 0.314. The van der Waals surface area contributed by atoms with Crippen LogP contribution in [0.25, 0.3) is 0 Å². The van der Waals surface area contributed by atoms with Gasteiger partial charge in [-0.3, -0.25) is 4.79 Å². The van der Waals surface area contributed by atoms with Crippen molar-refractivity contribution in [3.8, 4) is 0 Å². The zero-order valence-electron chi connectivity index (χ0n) is 18.6. The minimum absolute atomic E-state index is 0.121. The van der Waals surface area contributed by atoms with Crippen molar-refractivity contribution in [3.63, 3.8) is 0 Å². The number of hydrogen-bond donors (Lipinski definition) is 2. The zero-order chi connectivity index (χ0) is 24.7. The number of amides is 1. The molecule has 4 aromatic rings. The van der Waals surface area contributed by atoms with Gasteiger partial charge in [0.25, 0.3) is 0 Å². The van der Waals surface area contributed by atoms with Gasteiger partial charge in [0.15, 0.2) is 0 Å². The predicted octanol–water partition coefficient (Wildman–Crippen LogP) is 5.51. The highest BCUT2D eigenvalue weighted by molar-refractivity contribution is 7.99. The lowest BCUT2D eigenvalue weighted by atomic mass is 10.1. The molecule has 0 heterocycles. The van der Waals surface area contributed by atoms with E-state index in [0.29, 0.717) is 5.69 Å². The Morgan fingerprint density at radius 2 is 1.40 bits per heavy atom. The van der Waals surface area contributed by atoms with E-state index < -0.39 is 27.8 Å². The molecule has 5 nitrogen and oxygen atoms in total. The van der Waals surface area contributed by atoms with Crippen molar-refractivity contribution in [1.82, 2.24) is 4.72 Å². The average Bonchev–Trinajstić information content (AvgIpc) is 2.86. The second-order valence-electron chi connectivity index (χ2n) is 7.72. The molecule has 0 saturated carbocycles. The lowest BCUT2D eigenvalue weighted by Gasteiger charge is -2.20. The first-order valence-electron chi connectivity index (χ1n) is 10.9. The van der Waals surface area contributed by atoms with Crippen LogP contribution in [0.5, 0.6) is 0 Å². The fourth-order valence-electron chi connectivity index (χ4n) is 3.40. The summed E-state index contributed by atoms with van der Waals surface area (Å²) < 4.78 is 41.8. The molecule has 0 aromatic heterocycles. The Bertz CT molecular complexity index is 1380. The number of halogens is 1. The topological polar surface area (TPSA) is 75.3 Å². The van der Waals surface area contributed by atoms with Gasteiger partial charge in [-0.2, -0.15) is 4.72 Å². The molecule has 1 amide bonds. The highest BCUT2D eigenvalue weighted by atomic mass is 32.2. The first-order chi connectivity index (χ1) is 16.9. The number of carbonyl (C=O) groups excluding carboxylic acids is 1. The van der Waals surface area contributed by atoms with E-state index >= 15 is 0 Å². The molecule has 2 N–H and O–H groups in total. The van der Waals surface area contributed by atoms with E-state index in [9.17, 15) is 17.6 Å². The minimum atomic E-state index is -4.08. The van der Waals surface area contributed by atoms with Crippen LogP contribution in [-0.4, -0.2) is 20.4 Å². The van der Waals surface area contributed by atoms with Crippen LogP contribution < -0.4 is 10.0 Å². The van der Waals surface area contributed by atoms with Gasteiger partial charge in [0.1, 0.15) is 11.9 Å². The van der Waals surface area contributed by atoms with Crippen molar-refractivity contribution in [2.24, 2.45) is 0 Å². The third kappa shape index (κ3) is 6.79. The lowest BCUT2D eigenvalue weighted by Crippen LogP contribution is -2.45. The number of nitrogens with one attached hydrogen (secondary N) is 2. The number of carbonyl (C=O) groups is 1. The summed E-state index contributed by atoms with van der Waals surface area (Å²) in [5.41, 5.74) is 1.37. The van der Waals surface area contributed by atoms with Crippen molar-refractivity contribution in [2.45, 2.75) is 27.1 Å². The Morgan fingerprint density at radius 1 is 0.800 bits per heavy atom. The number of benzene rings is 4. The fourth-order valence-corrected chi connectivity index (χ4v) is 5.52. The second-order valence-corrected chi connectivity index (χ2v) is 10.5. The summed E-state index contributed by atoms with van der Waals surface area (Å²) >= 11 is 1.49. The first kappa shape index (κ1) is 24.7. The van der Waals surface area contributed by atoms with Gasteiger partial charge in [0.2, 0.25) is 15.9 Å². The van der Waals surface area contributed by atoms with Gasteiger partial charge in [0, 0.05) is 9.79 Å². The van der Waals surface area contributed by atoms with Crippen LogP contribution in [0, 0.1) is 5.82 Å². The molecule has 178 valence electrons. The van der Waals surface area contributed by atoms with Crippen LogP contribution in [0.15, 0.2) is 124 Å². The molecule has 0 bridgehead atoms. The molecule has 0 saturated heterocycles. The Balaban J connectivity index is 1.59. The van der Waals surface area contributed by atoms with Gasteiger partial charge in [-0.05, 0) is 60.5 Å². The van der Waals surface area contributed by atoms with Crippen LogP contribution >= 0.6 is 11.8 Å². The molecule has 35 heavy (non-hydrogen) atoms. The van der Waals surface area contributed by atoms with E-state index in [1.807, 2.05) is 72.8 Å². The molecule has 0 aliphatic rings. The van der Waals surface area contributed by atoms with Crippen molar-refractivity contribution in [3.05, 3.63) is 121 Å². The van der Waals surface area contributed by atoms with E-state index in [-0.39, 0.29) is 11.3 Å². The summed E-state index contributed by atoms with van der Waals surface area (Å²) in [7, 11) is -4.08. The Kier molecular flexibility index (Phi) is 7.97. The largest absolute Gasteiger partial charge is 0.324 e. The van der Waals surface area contributed by atoms with Gasteiger partial charge >= 0.3 is 0 Å². The van der Waals surface area contributed by atoms with E-state index in [0.717, 1.165) is 27.5 Å². The molecule has 8 heteroatoms. The molecule has 0 spiro atoms. The maximum atomic E-state index is 13.4. The van der Waals surface area contributed by atoms with Gasteiger partial charge in [-0.15, -0.1) is 0 Å². The Labute approximate surface area is 208 Å². The first-order valence-corrected chi connectivity index (χ1v) is 13.2. The molecule has 0 radical (unpaired) electrons.